The van der Waals surface area contributed by atoms with Gasteiger partial charge in [-0.1, -0.05) is 0 Å². The monoisotopic (exact) mass is 574 g/mol. The average Bonchev–Trinajstić information content (AvgIpc) is 2.84. The first-order valence-electron chi connectivity index (χ1n) is 9.35. The summed E-state index contributed by atoms with van der Waals surface area (Å²) in [6.07, 6.45) is -11.9. The van der Waals surface area contributed by atoms with Gasteiger partial charge < -0.3 is 9.31 Å². The van der Waals surface area contributed by atoms with Gasteiger partial charge in [-0.15, -0.1) is 0 Å². The van der Waals surface area contributed by atoms with Crippen molar-refractivity contribution in [1.82, 2.24) is 0 Å². The molecule has 0 N–H and O–H groups in total. The van der Waals surface area contributed by atoms with Gasteiger partial charge in [0.2, 0.25) is 0 Å². The van der Waals surface area contributed by atoms with Crippen molar-refractivity contribution < 1.29 is 83.9 Å². The van der Waals surface area contributed by atoms with Crippen LogP contribution in [0.5, 0.6) is 0 Å². The van der Waals surface area contributed by atoms with E-state index in [1.165, 1.54) is 27.7 Å². The molecule has 1 aliphatic rings. The van der Waals surface area contributed by atoms with Gasteiger partial charge >= 0.3 is 54.8 Å². The van der Waals surface area contributed by atoms with Gasteiger partial charge in [0.05, 0.1) is 11.2 Å². The van der Waals surface area contributed by atoms with Gasteiger partial charge in [-0.3, -0.25) is 0 Å². The highest BCUT2D eigenvalue weighted by Crippen LogP contribution is 2.64. The van der Waals surface area contributed by atoms with Crippen LogP contribution in [0.1, 0.15) is 34.1 Å². The molecule has 1 heterocycles. The minimum Gasteiger partial charge on any atom is -0.403 e. The Labute approximate surface area is 191 Å². The number of halogens is 17. The van der Waals surface area contributed by atoms with E-state index in [1.54, 1.807) is 0 Å². The highest BCUT2D eigenvalue weighted by Gasteiger charge is 2.95. The highest BCUT2D eigenvalue weighted by molar-refractivity contribution is 6.45. The van der Waals surface area contributed by atoms with Crippen LogP contribution in [0.15, 0.2) is 0 Å². The number of hydrogen-bond donors (Lipinski definition) is 0. The van der Waals surface area contributed by atoms with Crippen LogP contribution >= 0.6 is 0 Å². The lowest BCUT2D eigenvalue weighted by Crippen LogP contribution is -2.74. The molecule has 1 aliphatic heterocycles. The van der Waals surface area contributed by atoms with Crippen LogP contribution in [0, 0.1) is 0 Å². The van der Waals surface area contributed by atoms with Crippen molar-refractivity contribution in [2.24, 2.45) is 0 Å². The molecule has 0 aromatic heterocycles. The van der Waals surface area contributed by atoms with Crippen LogP contribution < -0.4 is 0 Å². The quantitative estimate of drug-likeness (QED) is 0.210. The van der Waals surface area contributed by atoms with Crippen molar-refractivity contribution in [3.63, 3.8) is 0 Å². The molecule has 0 aromatic carbocycles. The maximum atomic E-state index is 13.9. The average molecular weight is 574 g/mol. The predicted molar refractivity (Wildman–Crippen MR) is 86.2 cm³/mol. The number of rotatable bonds is 9. The van der Waals surface area contributed by atoms with Crippen molar-refractivity contribution in [3.8, 4) is 0 Å². The Morgan fingerprint density at radius 1 is 0.472 bits per heavy atom. The summed E-state index contributed by atoms with van der Waals surface area (Å²) in [5.74, 6) is -56.3. The summed E-state index contributed by atoms with van der Waals surface area (Å²) >= 11 is 0. The van der Waals surface area contributed by atoms with E-state index in [0.29, 0.717) is 0 Å². The van der Waals surface area contributed by atoms with Crippen molar-refractivity contribution in [1.29, 1.82) is 0 Å². The molecule has 0 bridgehead atoms. The van der Waals surface area contributed by atoms with Crippen molar-refractivity contribution >= 4 is 7.12 Å². The summed E-state index contributed by atoms with van der Waals surface area (Å²) in [6, 6.07) is 0. The molecule has 20 heteroatoms. The van der Waals surface area contributed by atoms with Crippen molar-refractivity contribution in [2.45, 2.75) is 99.3 Å². The van der Waals surface area contributed by atoms with E-state index in [0.717, 1.165) is 0 Å². The lowest BCUT2D eigenvalue weighted by molar-refractivity contribution is -0.461. The normalized spacial score (nSPS) is 20.8. The first-order chi connectivity index (χ1) is 15.3. The van der Waals surface area contributed by atoms with E-state index in [2.05, 4.69) is 0 Å². The van der Waals surface area contributed by atoms with E-state index in [9.17, 15) is 74.6 Å². The van der Waals surface area contributed by atoms with Gasteiger partial charge in [0.25, 0.3) is 0 Å². The van der Waals surface area contributed by atoms with Crippen LogP contribution in [-0.2, 0) is 9.31 Å². The first-order valence-corrected chi connectivity index (χ1v) is 9.35. The fourth-order valence-electron chi connectivity index (χ4n) is 2.74. The molecule has 36 heavy (non-hydrogen) atoms. The Morgan fingerprint density at radius 2 is 0.750 bits per heavy atom. The fraction of sp³-hybridized carbons (Fsp3) is 1.00. The lowest BCUT2D eigenvalue weighted by atomic mass is 9.79. The van der Waals surface area contributed by atoms with Crippen LogP contribution in [0.4, 0.5) is 74.6 Å². The molecular weight excluding hydrogens is 558 g/mol. The van der Waals surface area contributed by atoms with Gasteiger partial charge in [0.1, 0.15) is 0 Å². The standard InChI is InChI=1S/C16H16BF17O2/c1-7(2)8(3,4)36-17(35-7)6-5-9(18,19)10(20,21)11(22,23)12(24,25)13(26,27)14(28,29)15(30,31)16(32,33)34/h5-6H2,1-4H3. The summed E-state index contributed by atoms with van der Waals surface area (Å²) in [6.45, 7) is 5.20. The van der Waals surface area contributed by atoms with E-state index >= 15 is 0 Å². The van der Waals surface area contributed by atoms with E-state index in [4.69, 9.17) is 9.31 Å². The zero-order valence-electron chi connectivity index (χ0n) is 18.2. The Morgan fingerprint density at radius 3 is 1.06 bits per heavy atom. The Kier molecular flexibility index (Phi) is 7.66. The molecule has 2 nitrogen and oxygen atoms in total. The first kappa shape index (κ1) is 32.8. The highest BCUT2D eigenvalue weighted by atomic mass is 19.4. The minimum absolute atomic E-state index is 1.30. The van der Waals surface area contributed by atoms with Crippen LogP contribution in [-0.4, -0.2) is 66.0 Å². The molecule has 0 atom stereocenters. The summed E-state index contributed by atoms with van der Waals surface area (Å²) in [5, 5.41) is 0. The summed E-state index contributed by atoms with van der Waals surface area (Å²) in [7, 11) is -1.87. The van der Waals surface area contributed by atoms with Crippen molar-refractivity contribution in [2.75, 3.05) is 0 Å². The van der Waals surface area contributed by atoms with Gasteiger partial charge in [-0.2, -0.15) is 74.6 Å². The number of alkyl halides is 17. The van der Waals surface area contributed by atoms with E-state index < -0.39 is 78.7 Å². The molecule has 0 radical (unpaired) electrons. The molecule has 214 valence electrons. The Hall–Kier alpha value is -1.21. The third-order valence-corrected chi connectivity index (χ3v) is 5.78. The molecule has 0 saturated carbocycles. The van der Waals surface area contributed by atoms with Gasteiger partial charge in [-0.05, 0) is 34.0 Å². The maximum Gasteiger partial charge on any atom is 0.460 e. The molecule has 1 rings (SSSR count). The zero-order chi connectivity index (χ0) is 29.4. The van der Waals surface area contributed by atoms with Gasteiger partial charge in [0, 0.05) is 6.42 Å². The Balaban J connectivity index is 3.38. The topological polar surface area (TPSA) is 18.5 Å². The molecule has 0 spiro atoms. The summed E-state index contributed by atoms with van der Waals surface area (Å²) in [5.41, 5.74) is -2.63. The second-order valence-corrected chi connectivity index (χ2v) is 8.87. The second-order valence-electron chi connectivity index (χ2n) is 8.87. The SMILES string of the molecule is CC1(C)OB(CCC(F)(F)C(F)(F)C(F)(F)C(F)(F)C(F)(F)C(F)(F)C(F)(F)C(F)(F)F)OC1(C)C. The molecule has 0 amide bonds. The van der Waals surface area contributed by atoms with Crippen LogP contribution in [0.3, 0.4) is 0 Å². The third-order valence-electron chi connectivity index (χ3n) is 5.78. The number of hydrogen-bond acceptors (Lipinski definition) is 2. The predicted octanol–water partition coefficient (Wildman–Crippen LogP) is 7.48. The molecule has 1 fully saturated rings. The summed E-state index contributed by atoms with van der Waals surface area (Å²) < 4.78 is 235. The van der Waals surface area contributed by atoms with E-state index in [1.807, 2.05) is 0 Å². The van der Waals surface area contributed by atoms with E-state index in [-0.39, 0.29) is 0 Å². The molecule has 0 aromatic rings. The second kappa shape index (κ2) is 8.40. The third kappa shape index (κ3) is 4.40. The maximum absolute atomic E-state index is 13.9. The zero-order valence-corrected chi connectivity index (χ0v) is 18.2. The lowest BCUT2D eigenvalue weighted by Gasteiger charge is -2.42. The van der Waals surface area contributed by atoms with Crippen LogP contribution in [0.2, 0.25) is 6.32 Å². The van der Waals surface area contributed by atoms with Gasteiger partial charge in [-0.25, -0.2) is 0 Å². The Bertz CT molecular complexity index is 802. The smallest absolute Gasteiger partial charge is 0.403 e. The molecule has 0 unspecified atom stereocenters. The van der Waals surface area contributed by atoms with Crippen LogP contribution in [0.25, 0.3) is 0 Å². The largest absolute Gasteiger partial charge is 0.460 e. The van der Waals surface area contributed by atoms with Crippen molar-refractivity contribution in [3.05, 3.63) is 0 Å². The summed E-state index contributed by atoms with van der Waals surface area (Å²) in [4.78, 5) is 0. The molecule has 0 aliphatic carbocycles. The fourth-order valence-corrected chi connectivity index (χ4v) is 2.74. The molecule has 1 saturated heterocycles. The molecular formula is C16H16BF17O2. The van der Waals surface area contributed by atoms with Gasteiger partial charge in [0.15, 0.2) is 0 Å². The minimum atomic E-state index is -8.63.